The van der Waals surface area contributed by atoms with Crippen molar-refractivity contribution in [2.24, 2.45) is 0 Å². The van der Waals surface area contributed by atoms with Gasteiger partial charge in [-0.2, -0.15) is 4.98 Å². The second-order valence-corrected chi connectivity index (χ2v) is 6.10. The van der Waals surface area contributed by atoms with Crippen LogP contribution in [-0.4, -0.2) is 22.7 Å². The summed E-state index contributed by atoms with van der Waals surface area (Å²) in [6.45, 7) is 1.74. The van der Waals surface area contributed by atoms with Crippen LogP contribution in [0.1, 0.15) is 25.7 Å². The van der Waals surface area contributed by atoms with Crippen LogP contribution in [0.4, 0.5) is 14.5 Å². The molecular formula is C20H19F2N3O3. The van der Waals surface area contributed by atoms with Crippen LogP contribution >= 0.6 is 0 Å². The molecule has 8 heteroatoms. The third-order valence-corrected chi connectivity index (χ3v) is 3.90. The fraction of sp³-hybridized carbons (Fsp3) is 0.250. The van der Waals surface area contributed by atoms with Gasteiger partial charge < -0.3 is 14.6 Å². The Labute approximate surface area is 160 Å². The number of unbranched alkanes of at least 4 members (excludes halogenated alkanes) is 1. The quantitative estimate of drug-likeness (QED) is 0.621. The van der Waals surface area contributed by atoms with Gasteiger partial charge in [0.05, 0.1) is 5.69 Å². The molecule has 146 valence electrons. The number of rotatable bonds is 8. The topological polar surface area (TPSA) is 77.2 Å². The summed E-state index contributed by atoms with van der Waals surface area (Å²) >= 11 is 0. The van der Waals surface area contributed by atoms with Crippen molar-refractivity contribution in [1.29, 1.82) is 0 Å². The van der Waals surface area contributed by atoms with E-state index in [-0.39, 0.29) is 12.3 Å². The van der Waals surface area contributed by atoms with E-state index in [0.717, 1.165) is 43.0 Å². The Morgan fingerprint density at radius 1 is 1.18 bits per heavy atom. The van der Waals surface area contributed by atoms with Crippen molar-refractivity contribution < 1.29 is 22.8 Å². The van der Waals surface area contributed by atoms with Crippen molar-refractivity contribution in [3.63, 3.8) is 0 Å². The molecule has 0 aliphatic heterocycles. The number of anilines is 1. The summed E-state index contributed by atoms with van der Waals surface area (Å²) < 4.78 is 37.2. The van der Waals surface area contributed by atoms with Crippen molar-refractivity contribution in [1.82, 2.24) is 10.1 Å². The summed E-state index contributed by atoms with van der Waals surface area (Å²) in [6, 6.07) is 9.63. The average Bonchev–Trinajstić information content (AvgIpc) is 3.17. The van der Waals surface area contributed by atoms with E-state index in [1.807, 2.05) is 0 Å². The molecule has 1 N–H and O–H groups in total. The van der Waals surface area contributed by atoms with Crippen LogP contribution in [-0.2, 0) is 11.2 Å². The Morgan fingerprint density at radius 2 is 1.96 bits per heavy atom. The normalized spacial score (nSPS) is 10.7. The first-order valence-electron chi connectivity index (χ1n) is 8.86. The molecule has 0 bridgehead atoms. The van der Waals surface area contributed by atoms with Crippen molar-refractivity contribution in [2.75, 3.05) is 11.9 Å². The first-order valence-corrected chi connectivity index (χ1v) is 8.86. The minimum atomic E-state index is -0.725. The molecule has 0 spiro atoms. The maximum absolute atomic E-state index is 13.5. The molecule has 28 heavy (non-hydrogen) atoms. The first-order chi connectivity index (χ1) is 13.5. The molecule has 0 atom stereocenters. The van der Waals surface area contributed by atoms with E-state index in [0.29, 0.717) is 17.5 Å². The Kier molecular flexibility index (Phi) is 6.31. The molecule has 1 aromatic heterocycles. The number of carbonyl (C=O) groups is 1. The van der Waals surface area contributed by atoms with Crippen LogP contribution in [0.15, 0.2) is 47.0 Å². The molecule has 0 saturated heterocycles. The van der Waals surface area contributed by atoms with Gasteiger partial charge in [0.25, 0.3) is 5.91 Å². The summed E-state index contributed by atoms with van der Waals surface area (Å²) in [5.74, 6) is -0.457. The van der Waals surface area contributed by atoms with Gasteiger partial charge in [-0.05, 0) is 42.8 Å². The molecule has 0 aliphatic carbocycles. The minimum absolute atomic E-state index is 0.236. The smallest absolute Gasteiger partial charge is 0.262 e. The van der Waals surface area contributed by atoms with E-state index >= 15 is 0 Å². The number of amides is 1. The molecule has 1 amide bonds. The zero-order chi connectivity index (χ0) is 19.9. The fourth-order valence-electron chi connectivity index (χ4n) is 2.43. The summed E-state index contributed by atoms with van der Waals surface area (Å²) in [7, 11) is 0. The average molecular weight is 387 g/mol. The van der Waals surface area contributed by atoms with Gasteiger partial charge in [-0.15, -0.1) is 0 Å². The largest absolute Gasteiger partial charge is 0.484 e. The van der Waals surface area contributed by atoms with Gasteiger partial charge in [-0.1, -0.05) is 18.5 Å². The van der Waals surface area contributed by atoms with Crippen LogP contribution in [0.3, 0.4) is 0 Å². The Balaban J connectivity index is 1.54. The van der Waals surface area contributed by atoms with Gasteiger partial charge in [0.1, 0.15) is 17.4 Å². The van der Waals surface area contributed by atoms with Gasteiger partial charge in [-0.3, -0.25) is 4.79 Å². The van der Waals surface area contributed by atoms with E-state index in [1.54, 1.807) is 24.3 Å². The number of halogens is 2. The number of hydrogen-bond acceptors (Lipinski definition) is 5. The number of aryl methyl sites for hydroxylation is 1. The molecule has 0 aliphatic rings. The monoisotopic (exact) mass is 387 g/mol. The van der Waals surface area contributed by atoms with Crippen LogP contribution in [0, 0.1) is 11.6 Å². The lowest BCUT2D eigenvalue weighted by molar-refractivity contribution is -0.118. The molecule has 2 aromatic carbocycles. The fourth-order valence-corrected chi connectivity index (χ4v) is 2.43. The molecule has 0 radical (unpaired) electrons. The van der Waals surface area contributed by atoms with Gasteiger partial charge in [0, 0.05) is 18.1 Å². The third-order valence-electron chi connectivity index (χ3n) is 3.90. The minimum Gasteiger partial charge on any atom is -0.484 e. The van der Waals surface area contributed by atoms with Gasteiger partial charge in [-0.25, -0.2) is 8.78 Å². The molecule has 0 saturated carbocycles. The lowest BCUT2D eigenvalue weighted by atomic mass is 10.2. The van der Waals surface area contributed by atoms with Crippen LogP contribution in [0.25, 0.3) is 11.4 Å². The second kappa shape index (κ2) is 9.07. The second-order valence-electron chi connectivity index (χ2n) is 6.10. The molecule has 3 aromatic rings. The summed E-state index contributed by atoms with van der Waals surface area (Å²) in [5, 5.41) is 6.21. The number of carbonyl (C=O) groups excluding carboxylic acids is 1. The zero-order valence-corrected chi connectivity index (χ0v) is 15.2. The summed E-state index contributed by atoms with van der Waals surface area (Å²) in [4.78, 5) is 16.2. The van der Waals surface area contributed by atoms with Crippen LogP contribution in [0.5, 0.6) is 5.75 Å². The molecule has 6 nitrogen and oxygen atoms in total. The molecule has 1 heterocycles. The van der Waals surface area contributed by atoms with Crippen molar-refractivity contribution in [3.8, 4) is 17.1 Å². The van der Waals surface area contributed by atoms with Gasteiger partial charge in [0.15, 0.2) is 6.61 Å². The van der Waals surface area contributed by atoms with E-state index in [2.05, 4.69) is 22.4 Å². The third kappa shape index (κ3) is 5.12. The highest BCUT2D eigenvalue weighted by Crippen LogP contribution is 2.21. The van der Waals surface area contributed by atoms with Crippen molar-refractivity contribution >= 4 is 11.6 Å². The van der Waals surface area contributed by atoms with Crippen molar-refractivity contribution in [3.05, 3.63) is 60.0 Å². The number of nitrogens with zero attached hydrogens (tertiary/aromatic N) is 2. The number of nitrogens with one attached hydrogen (secondary N) is 1. The number of aromatic nitrogens is 2. The lowest BCUT2D eigenvalue weighted by Gasteiger charge is -2.08. The number of benzene rings is 2. The Hall–Kier alpha value is -3.29. The SMILES string of the molecule is CCCCc1nc(-c2ccc(OCC(=O)Nc3cc(F)ccc3F)cc2)no1. The Morgan fingerprint density at radius 3 is 2.71 bits per heavy atom. The highest BCUT2D eigenvalue weighted by Gasteiger charge is 2.11. The Bertz CT molecular complexity index is 942. The van der Waals surface area contributed by atoms with E-state index in [1.165, 1.54) is 0 Å². The van der Waals surface area contributed by atoms with E-state index in [9.17, 15) is 13.6 Å². The highest BCUT2D eigenvalue weighted by molar-refractivity contribution is 5.92. The standard InChI is InChI=1S/C20H19F2N3O3/c1-2-3-4-19-24-20(25-28-19)13-5-8-15(9-6-13)27-12-18(26)23-17-11-14(21)7-10-16(17)22/h5-11H,2-4,12H2,1H3,(H,23,26). The number of hydrogen-bond donors (Lipinski definition) is 1. The van der Waals surface area contributed by atoms with E-state index < -0.39 is 17.5 Å². The lowest BCUT2D eigenvalue weighted by Crippen LogP contribution is -2.20. The number of ether oxygens (including phenoxy) is 1. The predicted molar refractivity (Wildman–Crippen MR) is 98.8 cm³/mol. The van der Waals surface area contributed by atoms with Crippen LogP contribution in [0.2, 0.25) is 0 Å². The molecule has 0 unspecified atom stereocenters. The van der Waals surface area contributed by atoms with Crippen molar-refractivity contribution in [2.45, 2.75) is 26.2 Å². The highest BCUT2D eigenvalue weighted by atomic mass is 19.1. The summed E-state index contributed by atoms with van der Waals surface area (Å²) in [5.41, 5.74) is 0.519. The zero-order valence-electron chi connectivity index (χ0n) is 15.2. The van der Waals surface area contributed by atoms with E-state index in [4.69, 9.17) is 9.26 Å². The first kappa shape index (κ1) is 19.5. The molecule has 0 fully saturated rings. The predicted octanol–water partition coefficient (Wildman–Crippen LogP) is 4.37. The maximum Gasteiger partial charge on any atom is 0.262 e. The molecular weight excluding hydrogens is 368 g/mol. The van der Waals surface area contributed by atoms with Gasteiger partial charge >= 0.3 is 0 Å². The summed E-state index contributed by atoms with van der Waals surface area (Å²) in [6.07, 6.45) is 2.77. The maximum atomic E-state index is 13.5. The molecule has 3 rings (SSSR count). The van der Waals surface area contributed by atoms with Crippen LogP contribution < -0.4 is 10.1 Å². The van der Waals surface area contributed by atoms with Gasteiger partial charge in [0.2, 0.25) is 11.7 Å².